The molecule has 0 radical (unpaired) electrons. The Labute approximate surface area is 132 Å². The number of aromatic amines is 1. The molecule has 0 atom stereocenters. The van der Waals surface area contributed by atoms with Crippen LogP contribution in [-0.2, 0) is 24.2 Å². The van der Waals surface area contributed by atoms with Gasteiger partial charge >= 0.3 is 5.97 Å². The van der Waals surface area contributed by atoms with Crippen LogP contribution in [0.4, 0.5) is 0 Å². The van der Waals surface area contributed by atoms with Crippen molar-refractivity contribution in [3.05, 3.63) is 68.6 Å². The van der Waals surface area contributed by atoms with Gasteiger partial charge in [0.2, 0.25) is 5.91 Å². The zero-order valence-electron chi connectivity index (χ0n) is 12.4. The molecule has 0 bridgehead atoms. The van der Waals surface area contributed by atoms with E-state index in [1.807, 2.05) is 0 Å². The van der Waals surface area contributed by atoms with E-state index in [0.29, 0.717) is 11.1 Å². The van der Waals surface area contributed by atoms with Gasteiger partial charge in [-0.05, 0) is 48.6 Å². The van der Waals surface area contributed by atoms with E-state index >= 15 is 0 Å². The second-order valence-corrected chi connectivity index (χ2v) is 5.51. The molecule has 0 aliphatic heterocycles. The van der Waals surface area contributed by atoms with Crippen molar-refractivity contribution in [2.45, 2.75) is 25.9 Å². The van der Waals surface area contributed by atoms with Crippen LogP contribution in [0.15, 0.2) is 35.1 Å². The molecule has 0 spiro atoms. The molecule has 2 aromatic rings. The van der Waals surface area contributed by atoms with E-state index in [1.54, 1.807) is 30.3 Å². The average molecular weight is 312 g/mol. The molecule has 1 aliphatic carbocycles. The van der Waals surface area contributed by atoms with Crippen LogP contribution in [0.2, 0.25) is 0 Å². The standard InChI is InChI=1S/C17H16N2O4/c18-15(20)12-5-1-3-10(7-12)9-23-17(22)13-8-11-4-2-6-14(11)19-16(13)21/h1,3,5,7-8H,2,4,6,9H2,(H2,18,20)(H,19,21). The van der Waals surface area contributed by atoms with Crippen LogP contribution in [0, 0.1) is 0 Å². The van der Waals surface area contributed by atoms with E-state index in [-0.39, 0.29) is 12.2 Å². The first-order valence-corrected chi connectivity index (χ1v) is 7.35. The monoisotopic (exact) mass is 312 g/mol. The normalized spacial score (nSPS) is 12.7. The minimum atomic E-state index is -0.676. The van der Waals surface area contributed by atoms with Gasteiger partial charge in [0.1, 0.15) is 12.2 Å². The van der Waals surface area contributed by atoms with Crippen molar-refractivity contribution in [3.8, 4) is 0 Å². The number of H-pyrrole nitrogens is 1. The van der Waals surface area contributed by atoms with Crippen LogP contribution in [0.3, 0.4) is 0 Å². The molecule has 0 saturated heterocycles. The highest BCUT2D eigenvalue weighted by Crippen LogP contribution is 2.19. The zero-order valence-corrected chi connectivity index (χ0v) is 12.4. The highest BCUT2D eigenvalue weighted by Gasteiger charge is 2.19. The van der Waals surface area contributed by atoms with Crippen LogP contribution in [-0.4, -0.2) is 16.9 Å². The summed E-state index contributed by atoms with van der Waals surface area (Å²) < 4.78 is 5.18. The number of hydrogen-bond donors (Lipinski definition) is 2. The lowest BCUT2D eigenvalue weighted by atomic mass is 10.1. The maximum absolute atomic E-state index is 12.1. The molecule has 1 aliphatic rings. The zero-order chi connectivity index (χ0) is 16.4. The van der Waals surface area contributed by atoms with Crippen molar-refractivity contribution in [2.75, 3.05) is 0 Å². The highest BCUT2D eigenvalue weighted by molar-refractivity contribution is 5.93. The second kappa shape index (κ2) is 6.08. The lowest BCUT2D eigenvalue weighted by Crippen LogP contribution is -2.21. The van der Waals surface area contributed by atoms with Gasteiger partial charge in [-0.2, -0.15) is 0 Å². The number of nitrogens with one attached hydrogen (secondary N) is 1. The van der Waals surface area contributed by atoms with Crippen molar-refractivity contribution >= 4 is 11.9 Å². The summed E-state index contributed by atoms with van der Waals surface area (Å²) in [5, 5.41) is 0. The number of primary amides is 1. The molecule has 3 rings (SSSR count). The maximum atomic E-state index is 12.1. The van der Waals surface area contributed by atoms with Gasteiger partial charge < -0.3 is 15.5 Å². The molecular weight excluding hydrogens is 296 g/mol. The van der Waals surface area contributed by atoms with Gasteiger partial charge in [0.05, 0.1) is 0 Å². The van der Waals surface area contributed by atoms with Gasteiger partial charge in [0, 0.05) is 11.3 Å². The molecule has 118 valence electrons. The van der Waals surface area contributed by atoms with Crippen molar-refractivity contribution in [3.63, 3.8) is 0 Å². The summed E-state index contributed by atoms with van der Waals surface area (Å²) in [5.74, 6) is -1.22. The number of aromatic nitrogens is 1. The van der Waals surface area contributed by atoms with E-state index in [4.69, 9.17) is 10.5 Å². The fourth-order valence-electron chi connectivity index (χ4n) is 2.71. The summed E-state index contributed by atoms with van der Waals surface area (Å²) in [5.41, 5.74) is 7.66. The Hall–Kier alpha value is -2.89. The first kappa shape index (κ1) is 15.0. The van der Waals surface area contributed by atoms with Crippen LogP contribution >= 0.6 is 0 Å². The summed E-state index contributed by atoms with van der Waals surface area (Å²) in [4.78, 5) is 38.0. The second-order valence-electron chi connectivity index (χ2n) is 5.51. The minimum Gasteiger partial charge on any atom is -0.457 e. The number of amides is 1. The Kier molecular flexibility index (Phi) is 3.97. The molecule has 1 aromatic carbocycles. The molecule has 1 aromatic heterocycles. The Morgan fingerprint density at radius 3 is 2.83 bits per heavy atom. The van der Waals surface area contributed by atoms with Gasteiger partial charge in [0.15, 0.2) is 0 Å². The number of benzene rings is 1. The molecule has 0 unspecified atom stereocenters. The average Bonchev–Trinajstić information content (AvgIpc) is 2.99. The van der Waals surface area contributed by atoms with Crippen molar-refractivity contribution < 1.29 is 14.3 Å². The van der Waals surface area contributed by atoms with Crippen molar-refractivity contribution in [1.82, 2.24) is 4.98 Å². The van der Waals surface area contributed by atoms with Crippen LogP contribution < -0.4 is 11.3 Å². The quantitative estimate of drug-likeness (QED) is 0.831. The molecule has 0 saturated carbocycles. The first-order valence-electron chi connectivity index (χ1n) is 7.35. The Morgan fingerprint density at radius 2 is 2.04 bits per heavy atom. The molecule has 3 N–H and O–H groups in total. The molecule has 0 fully saturated rings. The largest absolute Gasteiger partial charge is 0.457 e. The molecular formula is C17H16N2O4. The smallest absolute Gasteiger partial charge is 0.344 e. The molecule has 1 amide bonds. The number of hydrogen-bond acceptors (Lipinski definition) is 4. The fourth-order valence-corrected chi connectivity index (χ4v) is 2.71. The van der Waals surface area contributed by atoms with E-state index in [1.165, 1.54) is 0 Å². The molecule has 1 heterocycles. The van der Waals surface area contributed by atoms with Crippen molar-refractivity contribution in [1.29, 1.82) is 0 Å². The van der Waals surface area contributed by atoms with Crippen LogP contribution in [0.25, 0.3) is 0 Å². The molecule has 6 nitrogen and oxygen atoms in total. The van der Waals surface area contributed by atoms with Gasteiger partial charge in [0.25, 0.3) is 5.56 Å². The van der Waals surface area contributed by atoms with E-state index in [0.717, 1.165) is 30.5 Å². The molecule has 6 heteroatoms. The summed E-state index contributed by atoms with van der Waals surface area (Å²) in [6, 6.07) is 8.13. The third-order valence-electron chi connectivity index (χ3n) is 3.89. The number of nitrogens with two attached hydrogens (primary N) is 1. The number of aryl methyl sites for hydroxylation is 2. The molecule has 23 heavy (non-hydrogen) atoms. The van der Waals surface area contributed by atoms with Gasteiger partial charge in [-0.15, -0.1) is 0 Å². The Morgan fingerprint density at radius 1 is 1.22 bits per heavy atom. The first-order chi connectivity index (χ1) is 11.0. The summed E-state index contributed by atoms with van der Waals surface area (Å²) in [6.45, 7) is -0.0313. The van der Waals surface area contributed by atoms with E-state index in [2.05, 4.69) is 4.98 Å². The lowest BCUT2D eigenvalue weighted by molar-refractivity contribution is 0.0470. The highest BCUT2D eigenvalue weighted by atomic mass is 16.5. The summed E-state index contributed by atoms with van der Waals surface area (Å²) in [6.07, 6.45) is 2.66. The lowest BCUT2D eigenvalue weighted by Gasteiger charge is -2.07. The predicted molar refractivity (Wildman–Crippen MR) is 83.2 cm³/mol. The number of esters is 1. The third kappa shape index (κ3) is 3.15. The van der Waals surface area contributed by atoms with Gasteiger partial charge in [-0.25, -0.2) is 4.79 Å². The fraction of sp³-hybridized carbons (Fsp3) is 0.235. The Balaban J connectivity index is 1.74. The van der Waals surface area contributed by atoms with E-state index in [9.17, 15) is 14.4 Å². The van der Waals surface area contributed by atoms with Gasteiger partial charge in [-0.3, -0.25) is 9.59 Å². The number of carbonyl (C=O) groups excluding carboxylic acids is 2. The number of carbonyl (C=O) groups is 2. The topological polar surface area (TPSA) is 102 Å². The van der Waals surface area contributed by atoms with Crippen molar-refractivity contribution in [2.24, 2.45) is 5.73 Å². The van der Waals surface area contributed by atoms with Gasteiger partial charge in [-0.1, -0.05) is 12.1 Å². The summed E-state index contributed by atoms with van der Waals surface area (Å²) in [7, 11) is 0. The van der Waals surface area contributed by atoms with Crippen LogP contribution in [0.1, 0.15) is 44.0 Å². The number of pyridine rings is 1. The predicted octanol–water partition coefficient (Wildman–Crippen LogP) is 1.32. The number of rotatable bonds is 4. The third-order valence-corrected chi connectivity index (χ3v) is 3.89. The maximum Gasteiger partial charge on any atom is 0.344 e. The number of ether oxygens (including phenoxy) is 1. The minimum absolute atomic E-state index is 0.0108. The Bertz CT molecular complexity index is 839. The SMILES string of the molecule is NC(=O)c1cccc(COC(=O)c2cc3c([nH]c2=O)CCC3)c1. The summed E-state index contributed by atoms with van der Waals surface area (Å²) >= 11 is 0. The van der Waals surface area contributed by atoms with Crippen LogP contribution in [0.5, 0.6) is 0 Å². The number of fused-ring (bicyclic) bond motifs is 1. The van der Waals surface area contributed by atoms with E-state index < -0.39 is 17.4 Å².